The van der Waals surface area contributed by atoms with Gasteiger partial charge in [0.25, 0.3) is 5.95 Å². The molecule has 0 saturated heterocycles. The SMILES string of the molecule is CCNOC(=O)C(C)=C(O)O.[KH]. The van der Waals surface area contributed by atoms with Gasteiger partial charge in [-0.05, 0) is 13.8 Å². The summed E-state index contributed by atoms with van der Waals surface area (Å²) >= 11 is 0. The predicted octanol–water partition coefficient (Wildman–Crippen LogP) is -0.247. The van der Waals surface area contributed by atoms with Crippen LogP contribution in [0, 0.1) is 0 Å². The fourth-order valence-corrected chi connectivity index (χ4v) is 0.306. The van der Waals surface area contributed by atoms with Crippen molar-refractivity contribution in [2.24, 2.45) is 0 Å². The Balaban J connectivity index is 0. The third-order valence-corrected chi connectivity index (χ3v) is 0.951. The van der Waals surface area contributed by atoms with E-state index < -0.39 is 11.9 Å². The van der Waals surface area contributed by atoms with Gasteiger partial charge in [-0.3, -0.25) is 0 Å². The fraction of sp³-hybridized carbons (Fsp3) is 0.500. The van der Waals surface area contributed by atoms with Crippen molar-refractivity contribution < 1.29 is 19.8 Å². The van der Waals surface area contributed by atoms with E-state index in [1.807, 2.05) is 0 Å². The predicted molar refractivity (Wildman–Crippen MR) is 44.9 cm³/mol. The zero-order valence-electron chi connectivity index (χ0n) is 6.42. The third-order valence-electron chi connectivity index (χ3n) is 0.951. The van der Waals surface area contributed by atoms with Crippen molar-refractivity contribution >= 4 is 57.4 Å². The van der Waals surface area contributed by atoms with E-state index in [-0.39, 0.29) is 57.0 Å². The first-order valence-corrected chi connectivity index (χ1v) is 3.12. The van der Waals surface area contributed by atoms with Crippen LogP contribution in [0.3, 0.4) is 0 Å². The molecule has 3 N–H and O–H groups in total. The van der Waals surface area contributed by atoms with Crippen molar-refractivity contribution in [3.05, 3.63) is 11.5 Å². The normalized spacial score (nSPS) is 8.17. The summed E-state index contributed by atoms with van der Waals surface area (Å²) in [6.07, 6.45) is 0. The van der Waals surface area contributed by atoms with Gasteiger partial charge < -0.3 is 15.1 Å². The average molecular weight is 201 g/mol. The van der Waals surface area contributed by atoms with Crippen LogP contribution in [-0.4, -0.2) is 74.1 Å². The van der Waals surface area contributed by atoms with Crippen LogP contribution in [0.4, 0.5) is 0 Å². The van der Waals surface area contributed by atoms with E-state index in [4.69, 9.17) is 10.2 Å². The molecule has 0 aromatic rings. The molecule has 0 radical (unpaired) electrons. The molecule has 0 aliphatic heterocycles. The van der Waals surface area contributed by atoms with Crippen LogP contribution in [0.1, 0.15) is 13.8 Å². The molecule has 0 heterocycles. The van der Waals surface area contributed by atoms with Crippen LogP contribution in [0.5, 0.6) is 0 Å². The molecular weight excluding hydrogens is 189 g/mol. The molecular formula is C6H12KNO4. The van der Waals surface area contributed by atoms with E-state index >= 15 is 0 Å². The number of aliphatic hydroxyl groups is 2. The number of carbonyl (C=O) groups is 1. The van der Waals surface area contributed by atoms with E-state index in [0.29, 0.717) is 6.54 Å². The maximum atomic E-state index is 10.7. The quantitative estimate of drug-likeness (QED) is 0.254. The average Bonchev–Trinajstić information content (AvgIpc) is 1.98. The van der Waals surface area contributed by atoms with Gasteiger partial charge in [-0.2, -0.15) is 5.48 Å². The minimum atomic E-state index is -1.02. The Morgan fingerprint density at radius 2 is 2.00 bits per heavy atom. The van der Waals surface area contributed by atoms with Crippen molar-refractivity contribution in [3.8, 4) is 0 Å². The third kappa shape index (κ3) is 5.98. The Morgan fingerprint density at radius 1 is 1.50 bits per heavy atom. The Labute approximate surface area is 113 Å². The van der Waals surface area contributed by atoms with E-state index in [1.165, 1.54) is 6.92 Å². The van der Waals surface area contributed by atoms with Crippen LogP contribution in [0.15, 0.2) is 11.5 Å². The number of nitrogens with one attached hydrogen (secondary N) is 1. The Bertz CT molecular complexity index is 176. The Morgan fingerprint density at radius 3 is 2.33 bits per heavy atom. The first-order valence-electron chi connectivity index (χ1n) is 3.12. The number of hydroxylamine groups is 1. The molecule has 0 amide bonds. The number of hydrogen-bond donors (Lipinski definition) is 3. The van der Waals surface area contributed by atoms with E-state index in [1.54, 1.807) is 6.92 Å². The minimum absolute atomic E-state index is 0. The number of aliphatic hydroxyl groups excluding tert-OH is 1. The van der Waals surface area contributed by atoms with Crippen molar-refractivity contribution in [2.45, 2.75) is 13.8 Å². The van der Waals surface area contributed by atoms with Gasteiger partial charge in [0.15, 0.2) is 0 Å². The molecule has 12 heavy (non-hydrogen) atoms. The van der Waals surface area contributed by atoms with Gasteiger partial charge >= 0.3 is 57.4 Å². The van der Waals surface area contributed by atoms with Crippen LogP contribution in [-0.2, 0) is 9.63 Å². The first kappa shape index (κ1) is 14.9. The van der Waals surface area contributed by atoms with Gasteiger partial charge in [-0.1, -0.05) is 0 Å². The Kier molecular flexibility index (Phi) is 9.97. The van der Waals surface area contributed by atoms with Gasteiger partial charge in [0.2, 0.25) is 0 Å². The van der Waals surface area contributed by atoms with Gasteiger partial charge in [0.05, 0.1) is 0 Å². The molecule has 5 nitrogen and oxygen atoms in total. The molecule has 0 fully saturated rings. The van der Waals surface area contributed by atoms with Gasteiger partial charge in [0, 0.05) is 6.54 Å². The molecule has 0 spiro atoms. The zero-order chi connectivity index (χ0) is 8.85. The number of hydrogen-bond acceptors (Lipinski definition) is 5. The van der Waals surface area contributed by atoms with Crippen molar-refractivity contribution in [3.63, 3.8) is 0 Å². The number of rotatable bonds is 3. The number of carbonyl (C=O) groups excluding carboxylic acids is 1. The van der Waals surface area contributed by atoms with Crippen LogP contribution < -0.4 is 5.48 Å². The first-order chi connectivity index (χ1) is 5.09. The molecule has 0 aromatic heterocycles. The second kappa shape index (κ2) is 8.03. The second-order valence-electron chi connectivity index (χ2n) is 1.84. The topological polar surface area (TPSA) is 78.8 Å². The molecule has 6 heteroatoms. The molecule has 0 aliphatic rings. The maximum absolute atomic E-state index is 10.7. The van der Waals surface area contributed by atoms with E-state index in [2.05, 4.69) is 10.3 Å². The summed E-state index contributed by atoms with van der Waals surface area (Å²) in [6, 6.07) is 0. The summed E-state index contributed by atoms with van der Waals surface area (Å²) in [7, 11) is 0. The summed E-state index contributed by atoms with van der Waals surface area (Å²) in [4.78, 5) is 15.0. The van der Waals surface area contributed by atoms with Crippen LogP contribution >= 0.6 is 0 Å². The molecule has 0 unspecified atom stereocenters. The molecule has 0 aliphatic carbocycles. The molecule has 0 rings (SSSR count). The van der Waals surface area contributed by atoms with E-state index in [0.717, 1.165) is 0 Å². The summed E-state index contributed by atoms with van der Waals surface area (Å²) in [6.45, 7) is 3.45. The molecule has 66 valence electrons. The zero-order valence-corrected chi connectivity index (χ0v) is 6.42. The summed E-state index contributed by atoms with van der Waals surface area (Å²) in [5.41, 5.74) is 2.05. The summed E-state index contributed by atoms with van der Waals surface area (Å²) < 4.78 is 0. The summed E-state index contributed by atoms with van der Waals surface area (Å²) in [5.74, 6) is -1.82. The van der Waals surface area contributed by atoms with Gasteiger partial charge in [-0.25, -0.2) is 4.79 Å². The standard InChI is InChI=1S/C6H11NO4.K.H/c1-3-7-11-6(10)4(2)5(8)9;;/h7-9H,3H2,1-2H3;;. The van der Waals surface area contributed by atoms with Gasteiger partial charge in [-0.15, -0.1) is 0 Å². The van der Waals surface area contributed by atoms with Crippen molar-refractivity contribution in [1.29, 1.82) is 0 Å². The van der Waals surface area contributed by atoms with E-state index in [9.17, 15) is 4.79 Å². The fourth-order valence-electron chi connectivity index (χ4n) is 0.306. The molecule has 0 aromatic carbocycles. The van der Waals surface area contributed by atoms with Crippen molar-refractivity contribution in [1.82, 2.24) is 5.48 Å². The monoisotopic (exact) mass is 201 g/mol. The summed E-state index contributed by atoms with van der Waals surface area (Å²) in [5, 5.41) is 16.8. The second-order valence-corrected chi connectivity index (χ2v) is 1.84. The van der Waals surface area contributed by atoms with Crippen molar-refractivity contribution in [2.75, 3.05) is 6.54 Å². The van der Waals surface area contributed by atoms with Crippen LogP contribution in [0.25, 0.3) is 0 Å². The molecule has 0 saturated carbocycles. The molecule has 0 atom stereocenters. The van der Waals surface area contributed by atoms with Crippen LogP contribution in [0.2, 0.25) is 0 Å². The molecule has 0 bridgehead atoms. The van der Waals surface area contributed by atoms with Gasteiger partial charge in [0.1, 0.15) is 5.57 Å². The Hall–Kier alpha value is 0.406.